The quantitative estimate of drug-likeness (QED) is 0.484. The van der Waals surface area contributed by atoms with Crippen LogP contribution < -0.4 is 0 Å². The Bertz CT molecular complexity index is 575. The van der Waals surface area contributed by atoms with E-state index in [1.54, 1.807) is 26.0 Å². The lowest BCUT2D eigenvalue weighted by molar-refractivity contribution is -0.384. The fourth-order valence-corrected chi connectivity index (χ4v) is 2.26. The van der Waals surface area contributed by atoms with Gasteiger partial charge in [0.2, 0.25) is 0 Å². The van der Waals surface area contributed by atoms with Gasteiger partial charge in [-0.05, 0) is 19.4 Å². The molecule has 2 aromatic rings. The molecule has 0 bridgehead atoms. The molecule has 5 nitrogen and oxygen atoms in total. The first-order chi connectivity index (χ1) is 8.50. The number of halogens is 1. The Labute approximate surface area is 109 Å². The molecule has 6 heteroatoms. The van der Waals surface area contributed by atoms with Gasteiger partial charge >= 0.3 is 0 Å². The number of non-ortho nitro benzene ring substituents is 1. The molecule has 18 heavy (non-hydrogen) atoms. The third-order valence-corrected chi connectivity index (χ3v) is 3.19. The van der Waals surface area contributed by atoms with Gasteiger partial charge in [0.15, 0.2) is 0 Å². The molecular weight excluding hydrogens is 256 g/mol. The summed E-state index contributed by atoms with van der Waals surface area (Å²) in [6.45, 7) is 3.56. The number of aryl methyl sites for hydroxylation is 2. The summed E-state index contributed by atoms with van der Waals surface area (Å²) < 4.78 is 5.05. The standard InChI is InChI=1S/C12H11ClN2O3/c1-7-11(8(2)18-14-7)12(13)9-4-3-5-10(6-9)15(16)17/h3-6,12H,1-2H3. The average Bonchev–Trinajstić information content (AvgIpc) is 2.68. The molecule has 0 saturated heterocycles. The minimum absolute atomic E-state index is 0.0184. The predicted molar refractivity (Wildman–Crippen MR) is 66.8 cm³/mol. The van der Waals surface area contributed by atoms with Crippen LogP contribution in [0.25, 0.3) is 0 Å². The van der Waals surface area contributed by atoms with Gasteiger partial charge in [0, 0.05) is 17.7 Å². The van der Waals surface area contributed by atoms with Crippen LogP contribution >= 0.6 is 11.6 Å². The molecule has 0 fully saturated rings. The van der Waals surface area contributed by atoms with E-state index in [2.05, 4.69) is 5.16 Å². The van der Waals surface area contributed by atoms with Crippen molar-refractivity contribution in [3.05, 3.63) is 57.0 Å². The third kappa shape index (κ3) is 2.22. The SMILES string of the molecule is Cc1noc(C)c1C(Cl)c1cccc([N+](=O)[O-])c1. The van der Waals surface area contributed by atoms with Crippen molar-refractivity contribution in [3.63, 3.8) is 0 Å². The molecule has 1 aromatic carbocycles. The van der Waals surface area contributed by atoms with Crippen LogP contribution in [0.15, 0.2) is 28.8 Å². The first kappa shape index (κ1) is 12.6. The molecule has 0 aliphatic heterocycles. The molecule has 0 radical (unpaired) electrons. The van der Waals surface area contributed by atoms with E-state index in [1.807, 2.05) is 0 Å². The van der Waals surface area contributed by atoms with Crippen LogP contribution in [0.2, 0.25) is 0 Å². The maximum atomic E-state index is 10.7. The highest BCUT2D eigenvalue weighted by molar-refractivity contribution is 6.22. The highest BCUT2D eigenvalue weighted by atomic mass is 35.5. The lowest BCUT2D eigenvalue weighted by Gasteiger charge is -2.09. The lowest BCUT2D eigenvalue weighted by Crippen LogP contribution is -1.97. The maximum absolute atomic E-state index is 10.7. The van der Waals surface area contributed by atoms with Gasteiger partial charge in [-0.25, -0.2) is 0 Å². The van der Waals surface area contributed by atoms with Gasteiger partial charge in [-0.1, -0.05) is 17.3 Å². The van der Waals surface area contributed by atoms with Crippen molar-refractivity contribution in [1.82, 2.24) is 5.16 Å². The molecule has 1 heterocycles. The van der Waals surface area contributed by atoms with Gasteiger partial charge in [-0.3, -0.25) is 10.1 Å². The first-order valence-electron chi connectivity index (χ1n) is 5.32. The van der Waals surface area contributed by atoms with Gasteiger partial charge in [0.1, 0.15) is 5.76 Å². The zero-order valence-corrected chi connectivity index (χ0v) is 10.6. The number of nitrogens with zero attached hydrogens (tertiary/aromatic N) is 2. The van der Waals surface area contributed by atoms with Crippen LogP contribution in [-0.2, 0) is 0 Å². The maximum Gasteiger partial charge on any atom is 0.269 e. The summed E-state index contributed by atoms with van der Waals surface area (Å²) >= 11 is 6.34. The number of aromatic nitrogens is 1. The van der Waals surface area contributed by atoms with E-state index in [0.717, 1.165) is 5.56 Å². The molecule has 0 amide bonds. The molecule has 2 rings (SSSR count). The highest BCUT2D eigenvalue weighted by Gasteiger charge is 2.21. The molecule has 0 N–H and O–H groups in total. The molecule has 0 saturated carbocycles. The van der Waals surface area contributed by atoms with Crippen molar-refractivity contribution in [2.75, 3.05) is 0 Å². The second-order valence-electron chi connectivity index (χ2n) is 3.95. The summed E-state index contributed by atoms with van der Waals surface area (Å²) in [7, 11) is 0. The predicted octanol–water partition coefficient (Wildman–Crippen LogP) is 3.53. The number of hydrogen-bond acceptors (Lipinski definition) is 4. The van der Waals surface area contributed by atoms with E-state index in [9.17, 15) is 10.1 Å². The van der Waals surface area contributed by atoms with Crippen molar-refractivity contribution in [1.29, 1.82) is 0 Å². The summed E-state index contributed by atoms with van der Waals surface area (Å²) in [6, 6.07) is 6.25. The summed E-state index contributed by atoms with van der Waals surface area (Å²) in [5.74, 6) is 0.624. The number of rotatable bonds is 3. The number of hydrogen-bond donors (Lipinski definition) is 0. The first-order valence-corrected chi connectivity index (χ1v) is 5.75. The van der Waals surface area contributed by atoms with Crippen molar-refractivity contribution < 1.29 is 9.45 Å². The molecule has 94 valence electrons. The van der Waals surface area contributed by atoms with Crippen LogP contribution in [0.5, 0.6) is 0 Å². The van der Waals surface area contributed by atoms with Crippen LogP contribution in [0.4, 0.5) is 5.69 Å². The monoisotopic (exact) mass is 266 g/mol. The molecule has 1 aromatic heterocycles. The number of nitro groups is 1. The Hall–Kier alpha value is -1.88. The number of alkyl halides is 1. The van der Waals surface area contributed by atoms with Crippen LogP contribution in [0, 0.1) is 24.0 Å². The Kier molecular flexibility index (Phi) is 3.34. The zero-order chi connectivity index (χ0) is 13.3. The molecule has 1 atom stereocenters. The summed E-state index contributed by atoms with van der Waals surface area (Å²) in [5.41, 5.74) is 2.13. The van der Waals surface area contributed by atoms with Crippen molar-refractivity contribution in [2.45, 2.75) is 19.2 Å². The zero-order valence-electron chi connectivity index (χ0n) is 9.88. The number of nitro benzene ring substituents is 1. The average molecular weight is 267 g/mol. The van der Waals surface area contributed by atoms with Gasteiger partial charge in [0.25, 0.3) is 5.69 Å². The smallest absolute Gasteiger partial charge is 0.269 e. The van der Waals surface area contributed by atoms with E-state index >= 15 is 0 Å². The molecule has 0 spiro atoms. The summed E-state index contributed by atoms with van der Waals surface area (Å²) in [6.07, 6.45) is 0. The largest absolute Gasteiger partial charge is 0.361 e. The normalized spacial score (nSPS) is 12.4. The van der Waals surface area contributed by atoms with Crippen LogP contribution in [-0.4, -0.2) is 10.1 Å². The second kappa shape index (κ2) is 4.78. The minimum atomic E-state index is -0.504. The van der Waals surface area contributed by atoms with E-state index in [1.165, 1.54) is 12.1 Å². The van der Waals surface area contributed by atoms with E-state index < -0.39 is 10.3 Å². The van der Waals surface area contributed by atoms with Crippen molar-refractivity contribution in [3.8, 4) is 0 Å². The second-order valence-corrected chi connectivity index (χ2v) is 4.39. The summed E-state index contributed by atoms with van der Waals surface area (Å²) in [5, 5.41) is 14.1. The van der Waals surface area contributed by atoms with Gasteiger partial charge in [-0.2, -0.15) is 0 Å². The van der Waals surface area contributed by atoms with Crippen molar-refractivity contribution >= 4 is 17.3 Å². The summed E-state index contributed by atoms with van der Waals surface area (Å²) in [4.78, 5) is 10.3. The topological polar surface area (TPSA) is 69.2 Å². The molecule has 0 aliphatic rings. The van der Waals surface area contributed by atoms with Gasteiger partial charge < -0.3 is 4.52 Å². The van der Waals surface area contributed by atoms with Crippen LogP contribution in [0.1, 0.15) is 28.0 Å². The fourth-order valence-electron chi connectivity index (χ4n) is 1.81. The Morgan fingerprint density at radius 1 is 1.44 bits per heavy atom. The molecule has 0 aliphatic carbocycles. The number of benzene rings is 1. The van der Waals surface area contributed by atoms with Crippen LogP contribution in [0.3, 0.4) is 0 Å². The molecule has 1 unspecified atom stereocenters. The van der Waals surface area contributed by atoms with Crippen molar-refractivity contribution in [2.24, 2.45) is 0 Å². The highest BCUT2D eigenvalue weighted by Crippen LogP contribution is 2.34. The van der Waals surface area contributed by atoms with E-state index in [0.29, 0.717) is 17.0 Å². The Morgan fingerprint density at radius 3 is 2.72 bits per heavy atom. The van der Waals surface area contributed by atoms with E-state index in [4.69, 9.17) is 16.1 Å². The van der Waals surface area contributed by atoms with Gasteiger partial charge in [0.05, 0.1) is 16.0 Å². The van der Waals surface area contributed by atoms with Gasteiger partial charge in [-0.15, -0.1) is 11.6 Å². The Morgan fingerprint density at radius 2 is 2.17 bits per heavy atom. The third-order valence-electron chi connectivity index (χ3n) is 2.72. The Balaban J connectivity index is 2.43. The van der Waals surface area contributed by atoms with E-state index in [-0.39, 0.29) is 5.69 Å². The fraction of sp³-hybridized carbons (Fsp3) is 0.250. The molecular formula is C12H11ClN2O3. The minimum Gasteiger partial charge on any atom is -0.361 e. The lowest BCUT2D eigenvalue weighted by atomic mass is 10.0.